The number of nitrogens with zero attached hydrogens (tertiary/aromatic N) is 2. The van der Waals surface area contributed by atoms with Crippen LogP contribution >= 0.6 is 0 Å². The molecule has 0 bridgehead atoms. The van der Waals surface area contributed by atoms with Crippen molar-refractivity contribution in [2.45, 2.75) is 50.5 Å². The molecule has 3 rings (SSSR count). The second-order valence-electron chi connectivity index (χ2n) is 6.36. The Morgan fingerprint density at radius 3 is 2.87 bits per heavy atom. The molecular formula is C16H23N3O4. The lowest BCUT2D eigenvalue weighted by Crippen LogP contribution is -2.49. The monoisotopic (exact) mass is 321 g/mol. The van der Waals surface area contributed by atoms with Gasteiger partial charge in [0.1, 0.15) is 0 Å². The van der Waals surface area contributed by atoms with Crippen molar-refractivity contribution in [3.8, 4) is 0 Å². The number of aliphatic carboxylic acids is 1. The Morgan fingerprint density at radius 1 is 1.35 bits per heavy atom. The quantitative estimate of drug-likeness (QED) is 0.881. The minimum absolute atomic E-state index is 0.0949. The first-order valence-electron chi connectivity index (χ1n) is 8.30. The first-order chi connectivity index (χ1) is 11.2. The molecule has 1 aromatic heterocycles. The van der Waals surface area contributed by atoms with Crippen molar-refractivity contribution in [3.05, 3.63) is 17.5 Å². The second-order valence-corrected chi connectivity index (χ2v) is 6.36. The molecule has 2 heterocycles. The van der Waals surface area contributed by atoms with E-state index in [1.807, 2.05) is 0 Å². The summed E-state index contributed by atoms with van der Waals surface area (Å²) in [7, 11) is 0. The molecule has 1 atom stereocenters. The molecule has 2 N–H and O–H groups in total. The number of rotatable bonds is 4. The second kappa shape index (κ2) is 7.12. The number of aromatic amines is 1. The highest BCUT2D eigenvalue weighted by Gasteiger charge is 2.33. The maximum absolute atomic E-state index is 12.9. The van der Waals surface area contributed by atoms with Gasteiger partial charge in [0.15, 0.2) is 0 Å². The zero-order valence-corrected chi connectivity index (χ0v) is 13.2. The van der Waals surface area contributed by atoms with Gasteiger partial charge < -0.3 is 14.7 Å². The molecule has 1 aliphatic heterocycles. The van der Waals surface area contributed by atoms with Gasteiger partial charge in [-0.15, -0.1) is 0 Å². The summed E-state index contributed by atoms with van der Waals surface area (Å²) in [4.78, 5) is 25.6. The van der Waals surface area contributed by atoms with Gasteiger partial charge in [0, 0.05) is 12.5 Å². The number of carboxylic acids is 1. The van der Waals surface area contributed by atoms with Crippen LogP contribution in [0.2, 0.25) is 0 Å². The summed E-state index contributed by atoms with van der Waals surface area (Å²) in [6, 6.07) is -0.414. The van der Waals surface area contributed by atoms with E-state index in [1.54, 1.807) is 11.1 Å². The number of carbonyl (C=O) groups is 2. The van der Waals surface area contributed by atoms with E-state index in [9.17, 15) is 9.59 Å². The normalized spacial score (nSPS) is 23.0. The number of hydrogen-bond acceptors (Lipinski definition) is 4. The number of morpholine rings is 1. The van der Waals surface area contributed by atoms with Gasteiger partial charge in [0.2, 0.25) is 0 Å². The van der Waals surface area contributed by atoms with E-state index < -0.39 is 12.0 Å². The third-order valence-corrected chi connectivity index (χ3v) is 4.81. The third-order valence-electron chi connectivity index (χ3n) is 4.81. The van der Waals surface area contributed by atoms with Gasteiger partial charge in [0.05, 0.1) is 43.1 Å². The molecule has 7 nitrogen and oxygen atoms in total. The number of nitrogens with one attached hydrogen (secondary N) is 1. The smallest absolute Gasteiger partial charge is 0.305 e. The fourth-order valence-electron chi connectivity index (χ4n) is 3.62. The minimum atomic E-state index is -0.919. The molecule has 0 unspecified atom stereocenters. The first kappa shape index (κ1) is 16.0. The van der Waals surface area contributed by atoms with Crippen LogP contribution < -0.4 is 0 Å². The first-order valence-corrected chi connectivity index (χ1v) is 8.30. The number of carbonyl (C=O) groups excluding carboxylic acids is 1. The predicted octanol–water partition coefficient (Wildman–Crippen LogP) is 1.77. The van der Waals surface area contributed by atoms with Gasteiger partial charge in [-0.3, -0.25) is 14.7 Å². The Morgan fingerprint density at radius 2 is 2.13 bits per heavy atom. The molecule has 23 heavy (non-hydrogen) atoms. The number of aromatic nitrogens is 2. The lowest BCUT2D eigenvalue weighted by atomic mass is 9.85. The van der Waals surface area contributed by atoms with Gasteiger partial charge in [-0.1, -0.05) is 19.3 Å². The van der Waals surface area contributed by atoms with Crippen LogP contribution in [0.4, 0.5) is 0 Å². The van der Waals surface area contributed by atoms with Gasteiger partial charge >= 0.3 is 5.97 Å². The highest BCUT2D eigenvalue weighted by atomic mass is 16.5. The largest absolute Gasteiger partial charge is 0.481 e. The molecule has 7 heteroatoms. The van der Waals surface area contributed by atoms with Crippen LogP contribution in [0.15, 0.2) is 6.20 Å². The molecular weight excluding hydrogens is 298 g/mol. The third kappa shape index (κ3) is 3.55. The number of carboxylic acid groups (broad SMARTS) is 1. The molecule has 2 fully saturated rings. The summed E-state index contributed by atoms with van der Waals surface area (Å²) >= 11 is 0. The van der Waals surface area contributed by atoms with E-state index in [1.165, 1.54) is 19.3 Å². The summed E-state index contributed by atoms with van der Waals surface area (Å²) in [5.41, 5.74) is 1.50. The summed E-state index contributed by atoms with van der Waals surface area (Å²) in [5.74, 6) is -0.698. The predicted molar refractivity (Wildman–Crippen MR) is 82.3 cm³/mol. The maximum atomic E-state index is 12.9. The Balaban J connectivity index is 1.79. The maximum Gasteiger partial charge on any atom is 0.305 e. The number of H-pyrrole nitrogens is 1. The Bertz CT molecular complexity index is 565. The van der Waals surface area contributed by atoms with E-state index in [0.717, 1.165) is 18.5 Å². The average molecular weight is 321 g/mol. The molecule has 126 valence electrons. The number of ether oxygens (including phenoxy) is 1. The molecule has 1 amide bonds. The molecule has 1 saturated carbocycles. The van der Waals surface area contributed by atoms with Gasteiger partial charge in [-0.2, -0.15) is 5.10 Å². The van der Waals surface area contributed by atoms with Crippen molar-refractivity contribution in [1.29, 1.82) is 0 Å². The summed E-state index contributed by atoms with van der Waals surface area (Å²) in [6.45, 7) is 1.14. The van der Waals surface area contributed by atoms with E-state index in [-0.39, 0.29) is 18.9 Å². The standard InChI is InChI=1S/C16H23N3O4/c20-14(21)8-12-10-23-7-6-19(12)16(22)13-9-17-18-15(13)11-4-2-1-3-5-11/h9,11-12H,1-8,10H2,(H,17,18)(H,20,21)/t12-/m1/s1. The fraction of sp³-hybridized carbons (Fsp3) is 0.688. The number of hydrogen-bond donors (Lipinski definition) is 2. The highest BCUT2D eigenvalue weighted by molar-refractivity contribution is 5.95. The van der Waals surface area contributed by atoms with Crippen molar-refractivity contribution in [3.63, 3.8) is 0 Å². The summed E-state index contributed by atoms with van der Waals surface area (Å²) in [6.07, 6.45) is 7.24. The highest BCUT2D eigenvalue weighted by Crippen LogP contribution is 2.33. The Hall–Kier alpha value is -1.89. The summed E-state index contributed by atoms with van der Waals surface area (Å²) < 4.78 is 5.35. The van der Waals surface area contributed by atoms with Crippen LogP contribution in [-0.2, 0) is 9.53 Å². The zero-order chi connectivity index (χ0) is 16.2. The molecule has 0 aromatic carbocycles. The SMILES string of the molecule is O=C(O)C[C@@H]1COCCN1C(=O)c1cn[nH]c1C1CCCCC1. The van der Waals surface area contributed by atoms with Crippen molar-refractivity contribution < 1.29 is 19.4 Å². The molecule has 1 aliphatic carbocycles. The average Bonchev–Trinajstić information content (AvgIpc) is 3.04. The Kier molecular flexibility index (Phi) is 4.95. The van der Waals surface area contributed by atoms with Gasteiger partial charge in [0.25, 0.3) is 5.91 Å². The lowest BCUT2D eigenvalue weighted by molar-refractivity contribution is -0.139. The van der Waals surface area contributed by atoms with Crippen LogP contribution in [-0.4, -0.2) is 57.9 Å². The van der Waals surface area contributed by atoms with Crippen LogP contribution in [0.25, 0.3) is 0 Å². The minimum Gasteiger partial charge on any atom is -0.481 e. The van der Waals surface area contributed by atoms with Crippen molar-refractivity contribution >= 4 is 11.9 Å². The van der Waals surface area contributed by atoms with Crippen LogP contribution in [0, 0.1) is 0 Å². The molecule has 2 aliphatic rings. The lowest BCUT2D eigenvalue weighted by Gasteiger charge is -2.35. The molecule has 0 spiro atoms. The van der Waals surface area contributed by atoms with E-state index >= 15 is 0 Å². The van der Waals surface area contributed by atoms with Crippen molar-refractivity contribution in [1.82, 2.24) is 15.1 Å². The molecule has 1 aromatic rings. The summed E-state index contributed by atoms with van der Waals surface area (Å²) in [5, 5.41) is 16.1. The van der Waals surface area contributed by atoms with Crippen molar-refractivity contribution in [2.75, 3.05) is 19.8 Å². The topological polar surface area (TPSA) is 95.5 Å². The van der Waals surface area contributed by atoms with Gasteiger partial charge in [-0.05, 0) is 12.8 Å². The Labute approximate surface area is 135 Å². The van der Waals surface area contributed by atoms with Gasteiger partial charge in [-0.25, -0.2) is 0 Å². The molecule has 1 saturated heterocycles. The van der Waals surface area contributed by atoms with Crippen molar-refractivity contribution in [2.24, 2.45) is 0 Å². The van der Waals surface area contributed by atoms with E-state index in [0.29, 0.717) is 24.6 Å². The molecule has 0 radical (unpaired) electrons. The number of amides is 1. The van der Waals surface area contributed by atoms with Crippen LogP contribution in [0.5, 0.6) is 0 Å². The van der Waals surface area contributed by atoms with Crippen LogP contribution in [0.1, 0.15) is 60.5 Å². The van der Waals surface area contributed by atoms with E-state index in [2.05, 4.69) is 10.2 Å². The van der Waals surface area contributed by atoms with Crippen LogP contribution in [0.3, 0.4) is 0 Å². The van der Waals surface area contributed by atoms with E-state index in [4.69, 9.17) is 9.84 Å². The zero-order valence-electron chi connectivity index (χ0n) is 13.2. The fourth-order valence-corrected chi connectivity index (χ4v) is 3.62.